The molecule has 2 atom stereocenters. The summed E-state index contributed by atoms with van der Waals surface area (Å²) < 4.78 is 24.5. The smallest absolute Gasteiger partial charge is 0.166 e. The second kappa shape index (κ2) is 12.0. The lowest BCUT2D eigenvalue weighted by atomic mass is 9.81. The average molecular weight is 505 g/mol. The molecule has 3 nitrogen and oxygen atoms in total. The standard InChI is InChI=1S/C31H30ClFO3/c1-35-26-17-15-23(30(20-26)36-2)18-24(13-12-22-14-16-25(33)19-29(22)32)31(34)28-11-7-6-10-27(28)21-8-4-3-5-9-21/h3-8,10-11,14-17,19-21,24H,9,12-13,18H2,1-2H3. The molecule has 0 radical (unpaired) electrons. The number of methoxy groups -OCH3 is 2. The van der Waals surface area contributed by atoms with E-state index >= 15 is 0 Å². The molecule has 4 rings (SSSR count). The van der Waals surface area contributed by atoms with Crippen molar-refractivity contribution in [2.75, 3.05) is 14.2 Å². The van der Waals surface area contributed by atoms with E-state index in [1.54, 1.807) is 20.3 Å². The van der Waals surface area contributed by atoms with Gasteiger partial charge in [-0.1, -0.05) is 72.3 Å². The number of benzene rings is 3. The predicted molar refractivity (Wildman–Crippen MR) is 143 cm³/mol. The van der Waals surface area contributed by atoms with Crippen molar-refractivity contribution in [1.29, 1.82) is 0 Å². The maximum atomic E-state index is 14.1. The molecule has 2 unspecified atom stereocenters. The van der Waals surface area contributed by atoms with E-state index in [0.717, 1.165) is 28.7 Å². The molecular weight excluding hydrogens is 475 g/mol. The highest BCUT2D eigenvalue weighted by Gasteiger charge is 2.26. The van der Waals surface area contributed by atoms with E-state index in [1.165, 1.54) is 12.1 Å². The molecule has 0 fully saturated rings. The van der Waals surface area contributed by atoms with Gasteiger partial charge in [-0.2, -0.15) is 0 Å². The van der Waals surface area contributed by atoms with E-state index in [9.17, 15) is 9.18 Å². The molecule has 186 valence electrons. The number of halogens is 2. The number of hydrogen-bond acceptors (Lipinski definition) is 3. The molecule has 5 heteroatoms. The Labute approximate surface area is 217 Å². The van der Waals surface area contributed by atoms with Crippen molar-refractivity contribution >= 4 is 17.4 Å². The number of rotatable bonds is 10. The third-order valence-corrected chi connectivity index (χ3v) is 7.07. The Bertz CT molecular complexity index is 1280. The van der Waals surface area contributed by atoms with Crippen LogP contribution in [0.3, 0.4) is 0 Å². The van der Waals surface area contributed by atoms with Crippen LogP contribution in [0.5, 0.6) is 11.5 Å². The second-order valence-electron chi connectivity index (χ2n) is 8.96. The summed E-state index contributed by atoms with van der Waals surface area (Å²) in [5, 5.41) is 0.378. The van der Waals surface area contributed by atoms with Crippen LogP contribution in [0.25, 0.3) is 0 Å². The SMILES string of the molecule is COc1ccc(CC(CCc2ccc(F)cc2Cl)C(=O)c2ccccc2C2C=CC=CC2)c(OC)c1. The number of Topliss-reactive ketones (excluding diaryl/α,β-unsaturated/α-hetero) is 1. The van der Waals surface area contributed by atoms with E-state index in [4.69, 9.17) is 21.1 Å². The normalized spacial score (nSPS) is 15.5. The quantitative estimate of drug-likeness (QED) is 0.264. The predicted octanol–water partition coefficient (Wildman–Crippen LogP) is 7.77. The van der Waals surface area contributed by atoms with Crippen molar-refractivity contribution in [3.05, 3.63) is 118 Å². The van der Waals surface area contributed by atoms with Crippen molar-refractivity contribution < 1.29 is 18.7 Å². The van der Waals surface area contributed by atoms with E-state index in [2.05, 4.69) is 12.2 Å². The van der Waals surface area contributed by atoms with Gasteiger partial charge in [0.05, 0.1) is 14.2 Å². The molecule has 0 heterocycles. The van der Waals surface area contributed by atoms with Crippen LogP contribution < -0.4 is 9.47 Å². The van der Waals surface area contributed by atoms with Crippen molar-refractivity contribution in [2.24, 2.45) is 5.92 Å². The van der Waals surface area contributed by atoms with Crippen LogP contribution in [0.2, 0.25) is 5.02 Å². The van der Waals surface area contributed by atoms with Crippen molar-refractivity contribution in [3.63, 3.8) is 0 Å². The number of ether oxygens (including phenoxy) is 2. The molecule has 0 saturated heterocycles. The summed E-state index contributed by atoms with van der Waals surface area (Å²) >= 11 is 6.30. The maximum absolute atomic E-state index is 14.1. The highest BCUT2D eigenvalue weighted by atomic mass is 35.5. The average Bonchev–Trinajstić information content (AvgIpc) is 2.92. The Balaban J connectivity index is 1.67. The van der Waals surface area contributed by atoms with Crippen LogP contribution in [0, 0.1) is 11.7 Å². The van der Waals surface area contributed by atoms with Crippen LogP contribution in [0.4, 0.5) is 4.39 Å². The van der Waals surface area contributed by atoms with Gasteiger partial charge < -0.3 is 9.47 Å². The van der Waals surface area contributed by atoms with Crippen LogP contribution in [-0.2, 0) is 12.8 Å². The van der Waals surface area contributed by atoms with Gasteiger partial charge in [0, 0.05) is 28.5 Å². The fourth-order valence-corrected chi connectivity index (χ4v) is 5.00. The Hall–Kier alpha value is -3.37. The van der Waals surface area contributed by atoms with Gasteiger partial charge in [-0.3, -0.25) is 4.79 Å². The topological polar surface area (TPSA) is 35.5 Å². The molecule has 1 aliphatic rings. The molecule has 3 aromatic carbocycles. The number of carbonyl (C=O) groups is 1. The summed E-state index contributed by atoms with van der Waals surface area (Å²) in [6.07, 6.45) is 10.8. The Morgan fingerprint density at radius 3 is 2.56 bits per heavy atom. The molecule has 36 heavy (non-hydrogen) atoms. The first-order chi connectivity index (χ1) is 17.5. The Kier molecular flexibility index (Phi) is 8.61. The molecule has 1 aliphatic carbocycles. The lowest BCUT2D eigenvalue weighted by Crippen LogP contribution is -2.21. The fraction of sp³-hybridized carbons (Fsp3) is 0.258. The van der Waals surface area contributed by atoms with Gasteiger partial charge in [0.2, 0.25) is 0 Å². The first-order valence-electron chi connectivity index (χ1n) is 12.1. The number of ketones is 1. The van der Waals surface area contributed by atoms with Gasteiger partial charge in [0.25, 0.3) is 0 Å². The minimum absolute atomic E-state index is 0.0876. The molecular formula is C31H30ClFO3. The third-order valence-electron chi connectivity index (χ3n) is 6.71. The minimum atomic E-state index is -0.372. The van der Waals surface area contributed by atoms with E-state index in [0.29, 0.717) is 35.8 Å². The summed E-state index contributed by atoms with van der Waals surface area (Å²) in [5.41, 5.74) is 3.53. The lowest BCUT2D eigenvalue weighted by Gasteiger charge is -2.22. The molecule has 0 saturated carbocycles. The van der Waals surface area contributed by atoms with Crippen LogP contribution >= 0.6 is 11.6 Å². The lowest BCUT2D eigenvalue weighted by molar-refractivity contribution is 0.0911. The maximum Gasteiger partial charge on any atom is 0.166 e. The van der Waals surface area contributed by atoms with Crippen LogP contribution in [-0.4, -0.2) is 20.0 Å². The Morgan fingerprint density at radius 2 is 1.83 bits per heavy atom. The molecule has 0 amide bonds. The zero-order chi connectivity index (χ0) is 25.5. The van der Waals surface area contributed by atoms with Gasteiger partial charge in [-0.25, -0.2) is 4.39 Å². The summed E-state index contributed by atoms with van der Waals surface area (Å²) in [6.45, 7) is 0. The monoisotopic (exact) mass is 504 g/mol. The summed E-state index contributed by atoms with van der Waals surface area (Å²) in [7, 11) is 3.23. The minimum Gasteiger partial charge on any atom is -0.497 e. The van der Waals surface area contributed by atoms with Gasteiger partial charge in [-0.05, 0) is 60.6 Å². The third kappa shape index (κ3) is 6.06. The highest BCUT2D eigenvalue weighted by Crippen LogP contribution is 2.33. The first kappa shape index (κ1) is 25.7. The van der Waals surface area contributed by atoms with Gasteiger partial charge >= 0.3 is 0 Å². The Morgan fingerprint density at radius 1 is 1.03 bits per heavy atom. The molecule has 3 aromatic rings. The van der Waals surface area contributed by atoms with E-state index in [1.807, 2.05) is 54.6 Å². The van der Waals surface area contributed by atoms with Gasteiger partial charge in [0.15, 0.2) is 5.78 Å². The molecule has 0 aliphatic heterocycles. The summed E-state index contributed by atoms with van der Waals surface area (Å²) in [4.78, 5) is 14.1. The number of hydrogen-bond donors (Lipinski definition) is 0. The van der Waals surface area contributed by atoms with Crippen LogP contribution in [0.1, 0.15) is 45.8 Å². The largest absolute Gasteiger partial charge is 0.497 e. The van der Waals surface area contributed by atoms with Gasteiger partial charge in [-0.15, -0.1) is 0 Å². The number of carbonyl (C=O) groups excluding carboxylic acids is 1. The van der Waals surface area contributed by atoms with Crippen LogP contribution in [0.15, 0.2) is 85.0 Å². The van der Waals surface area contributed by atoms with Crippen molar-refractivity contribution in [1.82, 2.24) is 0 Å². The van der Waals surface area contributed by atoms with E-state index < -0.39 is 0 Å². The summed E-state index contributed by atoms with van der Waals surface area (Å²) in [5.74, 6) is 0.933. The molecule has 0 aromatic heterocycles. The number of aryl methyl sites for hydroxylation is 1. The summed E-state index contributed by atoms with van der Waals surface area (Å²) in [6, 6.07) is 17.9. The molecule has 0 spiro atoms. The van der Waals surface area contributed by atoms with Gasteiger partial charge in [0.1, 0.15) is 17.3 Å². The highest BCUT2D eigenvalue weighted by molar-refractivity contribution is 6.31. The number of allylic oxidation sites excluding steroid dienone is 4. The second-order valence-corrected chi connectivity index (χ2v) is 9.37. The molecule has 0 bridgehead atoms. The van der Waals surface area contributed by atoms with Crippen molar-refractivity contribution in [3.8, 4) is 11.5 Å². The zero-order valence-electron chi connectivity index (χ0n) is 20.5. The zero-order valence-corrected chi connectivity index (χ0v) is 21.3. The van der Waals surface area contributed by atoms with E-state index in [-0.39, 0.29) is 23.4 Å². The van der Waals surface area contributed by atoms with Crippen molar-refractivity contribution in [2.45, 2.75) is 31.6 Å². The molecule has 0 N–H and O–H groups in total. The first-order valence-corrected chi connectivity index (χ1v) is 12.5. The fourth-order valence-electron chi connectivity index (χ4n) is 4.74.